The van der Waals surface area contributed by atoms with Crippen LogP contribution >= 0.6 is 0 Å². The molecule has 1 aromatic carbocycles. The van der Waals surface area contributed by atoms with E-state index in [9.17, 15) is 4.79 Å². The van der Waals surface area contributed by atoms with E-state index in [2.05, 4.69) is 35.0 Å². The van der Waals surface area contributed by atoms with Crippen molar-refractivity contribution >= 4 is 5.91 Å². The summed E-state index contributed by atoms with van der Waals surface area (Å²) in [6.07, 6.45) is 0.946. The smallest absolute Gasteiger partial charge is 0.286 e. The predicted molar refractivity (Wildman–Crippen MR) is 114 cm³/mol. The first kappa shape index (κ1) is 21.4. The summed E-state index contributed by atoms with van der Waals surface area (Å²) in [5.74, 6) is 1.64. The monoisotopic (exact) mass is 399 g/mol. The van der Waals surface area contributed by atoms with Gasteiger partial charge in [0.15, 0.2) is 5.76 Å². The van der Waals surface area contributed by atoms with Gasteiger partial charge in [-0.25, -0.2) is 0 Å². The standard InChI is InChI=1S/C23H33N3O3/c1-4-25-12-14-26(15-13-25)11-5-10-24-23(27)22-9-7-20(29-22)17-28-21-8-6-18(2)16-19(21)3/h6-9,16H,4-5,10-15,17H2,1-3H3,(H,24,27). The summed E-state index contributed by atoms with van der Waals surface area (Å²) in [7, 11) is 0. The molecule has 0 spiro atoms. The molecule has 0 atom stereocenters. The minimum absolute atomic E-state index is 0.168. The molecule has 1 aliphatic rings. The Morgan fingerprint density at radius 2 is 1.86 bits per heavy atom. The number of carbonyl (C=O) groups excluding carboxylic acids is 1. The molecule has 2 aromatic rings. The van der Waals surface area contributed by atoms with Gasteiger partial charge in [-0.05, 0) is 57.1 Å². The molecule has 1 saturated heterocycles. The van der Waals surface area contributed by atoms with E-state index in [1.165, 1.54) is 5.56 Å². The number of piperazine rings is 1. The van der Waals surface area contributed by atoms with E-state index in [4.69, 9.17) is 9.15 Å². The molecule has 1 N–H and O–H groups in total. The van der Waals surface area contributed by atoms with E-state index in [1.807, 2.05) is 19.1 Å². The third-order valence-corrected chi connectivity index (χ3v) is 5.43. The molecule has 1 amide bonds. The number of aryl methyl sites for hydroxylation is 2. The van der Waals surface area contributed by atoms with Crippen molar-refractivity contribution in [2.75, 3.05) is 45.8 Å². The van der Waals surface area contributed by atoms with Crippen LogP contribution in [0.15, 0.2) is 34.7 Å². The fraction of sp³-hybridized carbons (Fsp3) is 0.522. The molecular formula is C23H33N3O3. The lowest BCUT2D eigenvalue weighted by Gasteiger charge is -2.33. The van der Waals surface area contributed by atoms with E-state index >= 15 is 0 Å². The highest BCUT2D eigenvalue weighted by molar-refractivity contribution is 5.91. The van der Waals surface area contributed by atoms with E-state index in [-0.39, 0.29) is 5.91 Å². The molecule has 0 radical (unpaired) electrons. The number of benzene rings is 1. The van der Waals surface area contributed by atoms with Gasteiger partial charge < -0.3 is 24.3 Å². The fourth-order valence-electron chi connectivity index (χ4n) is 3.61. The Hall–Kier alpha value is -2.31. The molecule has 0 aliphatic carbocycles. The molecule has 6 nitrogen and oxygen atoms in total. The Kier molecular flexibility index (Phi) is 7.72. The Bertz CT molecular complexity index is 794. The van der Waals surface area contributed by atoms with Gasteiger partial charge in [0.2, 0.25) is 0 Å². The number of furan rings is 1. The van der Waals surface area contributed by atoms with Crippen LogP contribution in [0.4, 0.5) is 0 Å². The zero-order valence-corrected chi connectivity index (χ0v) is 17.9. The largest absolute Gasteiger partial charge is 0.485 e. The van der Waals surface area contributed by atoms with E-state index in [0.717, 1.165) is 57.0 Å². The fourth-order valence-corrected chi connectivity index (χ4v) is 3.61. The number of likely N-dealkylation sites (N-methyl/N-ethyl adjacent to an activating group) is 1. The van der Waals surface area contributed by atoms with Gasteiger partial charge in [-0.15, -0.1) is 0 Å². The molecule has 0 unspecified atom stereocenters. The molecule has 0 bridgehead atoms. The topological polar surface area (TPSA) is 58.0 Å². The molecule has 1 aromatic heterocycles. The van der Waals surface area contributed by atoms with Crippen LogP contribution in [-0.4, -0.2) is 61.5 Å². The average molecular weight is 400 g/mol. The number of hydrogen-bond acceptors (Lipinski definition) is 5. The number of amides is 1. The van der Waals surface area contributed by atoms with Gasteiger partial charge in [0.25, 0.3) is 5.91 Å². The second kappa shape index (κ2) is 10.5. The Balaban J connectivity index is 1.37. The first-order chi connectivity index (χ1) is 14.0. The minimum atomic E-state index is -0.168. The van der Waals surface area contributed by atoms with E-state index in [1.54, 1.807) is 12.1 Å². The number of nitrogens with zero attached hydrogens (tertiary/aromatic N) is 2. The molecule has 3 rings (SSSR count). The second-order valence-corrected chi connectivity index (χ2v) is 7.71. The molecular weight excluding hydrogens is 366 g/mol. The first-order valence-corrected chi connectivity index (χ1v) is 10.6. The maximum Gasteiger partial charge on any atom is 0.286 e. The van der Waals surface area contributed by atoms with Crippen LogP contribution in [0.1, 0.15) is 40.8 Å². The van der Waals surface area contributed by atoms with Crippen molar-refractivity contribution in [3.8, 4) is 5.75 Å². The highest BCUT2D eigenvalue weighted by Crippen LogP contribution is 2.20. The second-order valence-electron chi connectivity index (χ2n) is 7.71. The van der Waals surface area contributed by atoms with Crippen molar-refractivity contribution in [1.29, 1.82) is 0 Å². The third kappa shape index (κ3) is 6.34. The molecule has 6 heteroatoms. The molecule has 29 heavy (non-hydrogen) atoms. The van der Waals surface area contributed by atoms with Crippen LogP contribution in [0.5, 0.6) is 5.75 Å². The summed E-state index contributed by atoms with van der Waals surface area (Å²) in [5, 5.41) is 2.95. The van der Waals surface area contributed by atoms with Crippen molar-refractivity contribution < 1.29 is 13.9 Å². The van der Waals surface area contributed by atoms with Gasteiger partial charge in [-0.2, -0.15) is 0 Å². The lowest BCUT2D eigenvalue weighted by molar-refractivity contribution is 0.0916. The highest BCUT2D eigenvalue weighted by atomic mass is 16.5. The summed E-state index contributed by atoms with van der Waals surface area (Å²) in [4.78, 5) is 17.2. The van der Waals surface area contributed by atoms with Crippen LogP contribution in [0.25, 0.3) is 0 Å². The average Bonchev–Trinajstić information content (AvgIpc) is 3.20. The maximum absolute atomic E-state index is 12.3. The van der Waals surface area contributed by atoms with Crippen molar-refractivity contribution in [3.05, 3.63) is 53.0 Å². The van der Waals surface area contributed by atoms with Gasteiger partial charge in [0, 0.05) is 32.7 Å². The molecule has 1 aliphatic heterocycles. The summed E-state index contributed by atoms with van der Waals surface area (Å²) < 4.78 is 11.5. The first-order valence-electron chi connectivity index (χ1n) is 10.6. The zero-order valence-electron chi connectivity index (χ0n) is 17.9. The number of hydrogen-bond donors (Lipinski definition) is 1. The van der Waals surface area contributed by atoms with Crippen molar-refractivity contribution in [3.63, 3.8) is 0 Å². The van der Waals surface area contributed by atoms with Crippen LogP contribution in [-0.2, 0) is 6.61 Å². The number of carbonyl (C=O) groups is 1. The van der Waals surface area contributed by atoms with Crippen LogP contribution in [0, 0.1) is 13.8 Å². The SMILES string of the molecule is CCN1CCN(CCCNC(=O)c2ccc(COc3ccc(C)cc3C)o2)CC1. The summed E-state index contributed by atoms with van der Waals surface area (Å²) >= 11 is 0. The summed E-state index contributed by atoms with van der Waals surface area (Å²) in [5.41, 5.74) is 2.29. The Morgan fingerprint density at radius 3 is 2.59 bits per heavy atom. The van der Waals surface area contributed by atoms with Crippen molar-refractivity contribution in [2.24, 2.45) is 0 Å². The van der Waals surface area contributed by atoms with E-state index < -0.39 is 0 Å². The highest BCUT2D eigenvalue weighted by Gasteiger charge is 2.15. The third-order valence-electron chi connectivity index (χ3n) is 5.43. The van der Waals surface area contributed by atoms with Crippen molar-refractivity contribution in [2.45, 2.75) is 33.8 Å². The minimum Gasteiger partial charge on any atom is -0.485 e. The number of ether oxygens (including phenoxy) is 1. The number of rotatable bonds is 9. The molecule has 1 fully saturated rings. The van der Waals surface area contributed by atoms with Crippen LogP contribution in [0.2, 0.25) is 0 Å². The zero-order chi connectivity index (χ0) is 20.6. The number of nitrogens with one attached hydrogen (secondary N) is 1. The summed E-state index contributed by atoms with van der Waals surface area (Å²) in [6, 6.07) is 9.57. The van der Waals surface area contributed by atoms with Gasteiger partial charge >= 0.3 is 0 Å². The normalized spacial score (nSPS) is 15.4. The van der Waals surface area contributed by atoms with Gasteiger partial charge in [-0.3, -0.25) is 4.79 Å². The van der Waals surface area contributed by atoms with E-state index in [0.29, 0.717) is 24.7 Å². The van der Waals surface area contributed by atoms with Gasteiger partial charge in [0.05, 0.1) is 0 Å². The quantitative estimate of drug-likeness (QED) is 0.656. The molecule has 2 heterocycles. The summed E-state index contributed by atoms with van der Waals surface area (Å²) in [6.45, 7) is 13.9. The van der Waals surface area contributed by atoms with Gasteiger partial charge in [-0.1, -0.05) is 24.6 Å². The lowest BCUT2D eigenvalue weighted by atomic mass is 10.1. The predicted octanol–water partition coefficient (Wildman–Crippen LogP) is 3.23. The molecule has 0 saturated carbocycles. The molecule has 158 valence electrons. The maximum atomic E-state index is 12.3. The Morgan fingerprint density at radius 1 is 1.10 bits per heavy atom. The lowest BCUT2D eigenvalue weighted by Crippen LogP contribution is -2.46. The van der Waals surface area contributed by atoms with Crippen molar-refractivity contribution in [1.82, 2.24) is 15.1 Å². The Labute approximate surface area is 173 Å². The van der Waals surface area contributed by atoms with Gasteiger partial charge in [0.1, 0.15) is 18.1 Å². The van der Waals surface area contributed by atoms with Crippen LogP contribution in [0.3, 0.4) is 0 Å². The van der Waals surface area contributed by atoms with Crippen LogP contribution < -0.4 is 10.1 Å².